The summed E-state index contributed by atoms with van der Waals surface area (Å²) in [5, 5.41) is 5.41. The second-order valence-electron chi connectivity index (χ2n) is 4.78. The van der Waals surface area contributed by atoms with Gasteiger partial charge in [0.15, 0.2) is 0 Å². The van der Waals surface area contributed by atoms with Crippen molar-refractivity contribution in [3.63, 3.8) is 0 Å². The Balaban J connectivity index is 2.04. The Morgan fingerprint density at radius 3 is 2.14 bits per heavy atom. The Morgan fingerprint density at radius 2 is 1.57 bits per heavy atom. The zero-order valence-corrected chi connectivity index (χ0v) is 12.1. The first kappa shape index (κ1) is 14.8. The highest BCUT2D eigenvalue weighted by Gasteiger charge is 2.15. The number of benzene rings is 2. The molecule has 0 saturated heterocycles. The Hall–Kier alpha value is -2.62. The topological polar surface area (TPSA) is 58.2 Å². The molecule has 0 unspecified atom stereocenters. The van der Waals surface area contributed by atoms with Gasteiger partial charge in [0.05, 0.1) is 5.92 Å². The molecule has 0 saturated carbocycles. The molecule has 2 rings (SSSR count). The minimum Gasteiger partial charge on any atom is -0.355 e. The van der Waals surface area contributed by atoms with E-state index in [1.807, 2.05) is 37.3 Å². The summed E-state index contributed by atoms with van der Waals surface area (Å²) in [6, 6.07) is 16.4. The van der Waals surface area contributed by atoms with Crippen LogP contribution in [0.3, 0.4) is 0 Å². The monoisotopic (exact) mass is 282 g/mol. The standard InChI is InChI=1S/C17H18N2O2/c1-12(13-6-4-3-5-7-13)16(20)19-15-10-8-14(9-11-15)17(21)18-2/h3-12H,1-2H3,(H,18,21)(H,19,20)/t12-/m0/s1. The third-order valence-electron chi connectivity index (χ3n) is 3.33. The third-order valence-corrected chi connectivity index (χ3v) is 3.33. The van der Waals surface area contributed by atoms with Gasteiger partial charge in [0.25, 0.3) is 5.91 Å². The second-order valence-corrected chi connectivity index (χ2v) is 4.78. The zero-order valence-electron chi connectivity index (χ0n) is 12.1. The largest absolute Gasteiger partial charge is 0.355 e. The van der Waals surface area contributed by atoms with Gasteiger partial charge >= 0.3 is 0 Å². The van der Waals surface area contributed by atoms with Gasteiger partial charge < -0.3 is 10.6 Å². The number of nitrogens with one attached hydrogen (secondary N) is 2. The predicted molar refractivity (Wildman–Crippen MR) is 83.3 cm³/mol. The molecule has 2 aromatic rings. The zero-order chi connectivity index (χ0) is 15.2. The van der Waals surface area contributed by atoms with Crippen LogP contribution in [0, 0.1) is 0 Å². The first-order valence-electron chi connectivity index (χ1n) is 6.79. The van der Waals surface area contributed by atoms with Gasteiger partial charge in [-0.1, -0.05) is 30.3 Å². The van der Waals surface area contributed by atoms with Crippen molar-refractivity contribution >= 4 is 17.5 Å². The van der Waals surface area contributed by atoms with Crippen LogP contribution in [0.1, 0.15) is 28.8 Å². The van der Waals surface area contributed by atoms with E-state index >= 15 is 0 Å². The summed E-state index contributed by atoms with van der Waals surface area (Å²) in [7, 11) is 1.58. The van der Waals surface area contributed by atoms with Crippen molar-refractivity contribution in [2.75, 3.05) is 12.4 Å². The fourth-order valence-corrected chi connectivity index (χ4v) is 1.99. The molecule has 0 fully saturated rings. The van der Waals surface area contributed by atoms with Crippen LogP contribution in [-0.2, 0) is 4.79 Å². The quantitative estimate of drug-likeness (QED) is 0.906. The molecule has 108 valence electrons. The smallest absolute Gasteiger partial charge is 0.251 e. The van der Waals surface area contributed by atoms with Crippen molar-refractivity contribution in [3.05, 3.63) is 65.7 Å². The maximum Gasteiger partial charge on any atom is 0.251 e. The number of rotatable bonds is 4. The SMILES string of the molecule is CNC(=O)c1ccc(NC(=O)[C@@H](C)c2ccccc2)cc1. The van der Waals surface area contributed by atoms with Crippen LogP contribution in [0.2, 0.25) is 0 Å². The Morgan fingerprint density at radius 1 is 0.952 bits per heavy atom. The van der Waals surface area contributed by atoms with Crippen molar-refractivity contribution in [1.29, 1.82) is 0 Å². The van der Waals surface area contributed by atoms with Crippen LogP contribution in [0.4, 0.5) is 5.69 Å². The molecule has 1 atom stereocenters. The van der Waals surface area contributed by atoms with E-state index in [1.165, 1.54) is 0 Å². The average Bonchev–Trinajstić information content (AvgIpc) is 2.55. The molecule has 21 heavy (non-hydrogen) atoms. The highest BCUT2D eigenvalue weighted by molar-refractivity contribution is 5.97. The Bertz CT molecular complexity index is 621. The van der Waals surface area contributed by atoms with Gasteiger partial charge in [-0.15, -0.1) is 0 Å². The van der Waals surface area contributed by atoms with Gasteiger partial charge in [0, 0.05) is 18.3 Å². The molecule has 0 radical (unpaired) electrons. The van der Waals surface area contributed by atoms with E-state index in [0.717, 1.165) is 5.56 Å². The van der Waals surface area contributed by atoms with Crippen LogP contribution in [0.15, 0.2) is 54.6 Å². The van der Waals surface area contributed by atoms with Gasteiger partial charge in [0.2, 0.25) is 5.91 Å². The van der Waals surface area contributed by atoms with Gasteiger partial charge in [-0.25, -0.2) is 0 Å². The summed E-state index contributed by atoms with van der Waals surface area (Å²) in [6.07, 6.45) is 0. The first-order valence-corrected chi connectivity index (χ1v) is 6.79. The van der Waals surface area contributed by atoms with E-state index in [2.05, 4.69) is 10.6 Å². The molecule has 2 aromatic carbocycles. The number of carbonyl (C=O) groups excluding carboxylic acids is 2. The number of hydrogen-bond donors (Lipinski definition) is 2. The molecule has 2 amide bonds. The molecular weight excluding hydrogens is 264 g/mol. The van der Waals surface area contributed by atoms with Crippen molar-refractivity contribution in [2.45, 2.75) is 12.8 Å². The third kappa shape index (κ3) is 3.69. The number of carbonyl (C=O) groups is 2. The molecule has 0 aromatic heterocycles. The minimum atomic E-state index is -0.232. The lowest BCUT2D eigenvalue weighted by atomic mass is 10.0. The van der Waals surface area contributed by atoms with Crippen LogP contribution in [0.5, 0.6) is 0 Å². The van der Waals surface area contributed by atoms with Crippen LogP contribution < -0.4 is 10.6 Å². The molecule has 4 nitrogen and oxygen atoms in total. The lowest BCUT2D eigenvalue weighted by Crippen LogP contribution is -2.19. The molecule has 4 heteroatoms. The summed E-state index contributed by atoms with van der Waals surface area (Å²) >= 11 is 0. The maximum atomic E-state index is 12.2. The summed E-state index contributed by atoms with van der Waals surface area (Å²) in [4.78, 5) is 23.6. The Kier molecular flexibility index (Phi) is 4.72. The highest BCUT2D eigenvalue weighted by atomic mass is 16.2. The fraction of sp³-hybridized carbons (Fsp3) is 0.176. The number of hydrogen-bond acceptors (Lipinski definition) is 2. The molecule has 0 aliphatic carbocycles. The molecule has 2 N–H and O–H groups in total. The first-order chi connectivity index (χ1) is 10.1. The lowest BCUT2D eigenvalue weighted by Gasteiger charge is -2.12. The summed E-state index contributed by atoms with van der Waals surface area (Å²) in [5.74, 6) is -0.454. The van der Waals surface area contributed by atoms with Gasteiger partial charge in [-0.2, -0.15) is 0 Å². The number of anilines is 1. The van der Waals surface area contributed by atoms with Gasteiger partial charge in [-0.3, -0.25) is 9.59 Å². The van der Waals surface area contributed by atoms with Crippen molar-refractivity contribution in [1.82, 2.24) is 5.32 Å². The summed E-state index contributed by atoms with van der Waals surface area (Å²) < 4.78 is 0. The van der Waals surface area contributed by atoms with E-state index in [0.29, 0.717) is 11.3 Å². The molecule has 0 aliphatic rings. The highest BCUT2D eigenvalue weighted by Crippen LogP contribution is 2.18. The minimum absolute atomic E-state index is 0.0751. The van der Waals surface area contributed by atoms with Crippen LogP contribution in [-0.4, -0.2) is 18.9 Å². The Labute approximate surface area is 124 Å². The summed E-state index contributed by atoms with van der Waals surface area (Å²) in [5.41, 5.74) is 2.21. The van der Waals surface area contributed by atoms with Crippen LogP contribution >= 0.6 is 0 Å². The van der Waals surface area contributed by atoms with Crippen molar-refractivity contribution in [2.24, 2.45) is 0 Å². The van der Waals surface area contributed by atoms with E-state index < -0.39 is 0 Å². The maximum absolute atomic E-state index is 12.2. The molecule has 0 heterocycles. The second kappa shape index (κ2) is 6.70. The van der Waals surface area contributed by atoms with Crippen molar-refractivity contribution in [3.8, 4) is 0 Å². The molecule has 0 spiro atoms. The molecule has 0 aliphatic heterocycles. The van der Waals surface area contributed by atoms with E-state index in [-0.39, 0.29) is 17.7 Å². The van der Waals surface area contributed by atoms with Gasteiger partial charge in [-0.05, 0) is 36.8 Å². The number of amides is 2. The van der Waals surface area contributed by atoms with E-state index in [9.17, 15) is 9.59 Å². The average molecular weight is 282 g/mol. The van der Waals surface area contributed by atoms with Crippen molar-refractivity contribution < 1.29 is 9.59 Å². The molecule has 0 bridgehead atoms. The summed E-state index contributed by atoms with van der Waals surface area (Å²) in [6.45, 7) is 1.86. The molecular formula is C17H18N2O2. The van der Waals surface area contributed by atoms with Gasteiger partial charge in [0.1, 0.15) is 0 Å². The normalized spacial score (nSPS) is 11.5. The van der Waals surface area contributed by atoms with E-state index in [4.69, 9.17) is 0 Å². The lowest BCUT2D eigenvalue weighted by molar-refractivity contribution is -0.117. The van der Waals surface area contributed by atoms with Crippen LogP contribution in [0.25, 0.3) is 0 Å². The predicted octanol–water partition coefficient (Wildman–Crippen LogP) is 2.79. The fourth-order valence-electron chi connectivity index (χ4n) is 1.99. The van der Waals surface area contributed by atoms with E-state index in [1.54, 1.807) is 31.3 Å².